The minimum Gasteiger partial charge on any atom is -0.492 e. The number of aromatic carboxylic acids is 1. The van der Waals surface area contributed by atoms with Crippen molar-refractivity contribution in [3.05, 3.63) is 53.1 Å². The van der Waals surface area contributed by atoms with Crippen LogP contribution in [0.1, 0.15) is 10.4 Å². The molecule has 0 bridgehead atoms. The molecule has 1 aliphatic rings. The molecule has 10 heteroatoms. The summed E-state index contributed by atoms with van der Waals surface area (Å²) < 4.78 is 30.9. The molecule has 1 saturated heterocycles. The van der Waals surface area contributed by atoms with Gasteiger partial charge < -0.3 is 14.7 Å². The summed E-state index contributed by atoms with van der Waals surface area (Å²) in [7, 11) is -3.48. The highest BCUT2D eigenvalue weighted by molar-refractivity contribution is 7.92. The summed E-state index contributed by atoms with van der Waals surface area (Å²) in [4.78, 5) is 16.0. The van der Waals surface area contributed by atoms with E-state index in [1.54, 1.807) is 24.3 Å². The van der Waals surface area contributed by atoms with Crippen LogP contribution in [0.4, 0.5) is 11.4 Å². The Labute approximate surface area is 181 Å². The van der Waals surface area contributed by atoms with E-state index >= 15 is 0 Å². The SMILES string of the molecule is CS(=O)(=O)Nc1ccc(N2CCN(CCOc3ccc(Cl)cc3)CC2)c(C(=O)O)c1. The van der Waals surface area contributed by atoms with E-state index in [0.717, 1.165) is 31.6 Å². The Bertz CT molecular complexity index is 990. The third-order valence-electron chi connectivity index (χ3n) is 4.73. The number of benzene rings is 2. The Hall–Kier alpha value is -2.49. The maximum absolute atomic E-state index is 11.7. The lowest BCUT2D eigenvalue weighted by Crippen LogP contribution is -2.47. The minimum absolute atomic E-state index is 0.0724. The molecule has 0 radical (unpaired) electrons. The van der Waals surface area contributed by atoms with Crippen LogP contribution >= 0.6 is 11.6 Å². The molecule has 2 N–H and O–H groups in total. The molecule has 3 rings (SSSR count). The molecule has 162 valence electrons. The van der Waals surface area contributed by atoms with E-state index < -0.39 is 16.0 Å². The van der Waals surface area contributed by atoms with Crippen LogP contribution in [0.5, 0.6) is 5.75 Å². The summed E-state index contributed by atoms with van der Waals surface area (Å²) in [6.45, 7) is 4.19. The van der Waals surface area contributed by atoms with Gasteiger partial charge in [0.2, 0.25) is 10.0 Å². The van der Waals surface area contributed by atoms with Crippen LogP contribution in [0.15, 0.2) is 42.5 Å². The van der Waals surface area contributed by atoms with Gasteiger partial charge >= 0.3 is 5.97 Å². The van der Waals surface area contributed by atoms with Crippen molar-refractivity contribution in [3.63, 3.8) is 0 Å². The third-order valence-corrected chi connectivity index (χ3v) is 5.59. The molecule has 0 atom stereocenters. The summed E-state index contributed by atoms with van der Waals surface area (Å²) in [5.41, 5.74) is 0.887. The summed E-state index contributed by atoms with van der Waals surface area (Å²) in [5, 5.41) is 10.2. The van der Waals surface area contributed by atoms with Gasteiger partial charge in [-0.1, -0.05) is 11.6 Å². The number of halogens is 1. The molecule has 0 aliphatic carbocycles. The largest absolute Gasteiger partial charge is 0.492 e. The van der Waals surface area contributed by atoms with Gasteiger partial charge in [0.1, 0.15) is 12.4 Å². The van der Waals surface area contributed by atoms with Gasteiger partial charge in [0.15, 0.2) is 0 Å². The zero-order valence-electron chi connectivity index (χ0n) is 16.5. The van der Waals surface area contributed by atoms with Gasteiger partial charge in [0, 0.05) is 43.4 Å². The highest BCUT2D eigenvalue weighted by atomic mass is 35.5. The molecule has 0 amide bonds. The molecule has 1 fully saturated rings. The first-order valence-corrected chi connectivity index (χ1v) is 11.7. The molecule has 0 aromatic heterocycles. The number of hydrogen-bond donors (Lipinski definition) is 2. The van der Waals surface area contributed by atoms with Crippen molar-refractivity contribution in [2.45, 2.75) is 0 Å². The van der Waals surface area contributed by atoms with Gasteiger partial charge in [-0.15, -0.1) is 0 Å². The fourth-order valence-electron chi connectivity index (χ4n) is 3.30. The Morgan fingerprint density at radius 3 is 2.40 bits per heavy atom. The maximum Gasteiger partial charge on any atom is 0.337 e. The molecule has 0 spiro atoms. The number of piperazine rings is 1. The smallest absolute Gasteiger partial charge is 0.337 e. The maximum atomic E-state index is 11.7. The standard InChI is InChI=1S/C20H24ClN3O5S/c1-30(27,28)22-16-4-7-19(18(14-16)20(25)26)24-10-8-23(9-11-24)12-13-29-17-5-2-15(21)3-6-17/h2-7,14,22H,8-13H2,1H3,(H,25,26). The van der Waals surface area contributed by atoms with Crippen LogP contribution in [0, 0.1) is 0 Å². The van der Waals surface area contributed by atoms with E-state index in [-0.39, 0.29) is 11.3 Å². The minimum atomic E-state index is -3.48. The molecule has 2 aromatic carbocycles. The monoisotopic (exact) mass is 453 g/mol. The average molecular weight is 454 g/mol. The van der Waals surface area contributed by atoms with E-state index in [9.17, 15) is 18.3 Å². The second-order valence-corrected chi connectivity index (χ2v) is 9.23. The van der Waals surface area contributed by atoms with Gasteiger partial charge in [0.25, 0.3) is 0 Å². The Morgan fingerprint density at radius 1 is 1.13 bits per heavy atom. The first-order chi connectivity index (χ1) is 14.2. The lowest BCUT2D eigenvalue weighted by atomic mass is 10.1. The van der Waals surface area contributed by atoms with Crippen molar-refractivity contribution >= 4 is 39.0 Å². The molecule has 0 saturated carbocycles. The third kappa shape index (κ3) is 6.25. The van der Waals surface area contributed by atoms with Crippen LogP contribution in [-0.4, -0.2) is 70.0 Å². The molecular weight excluding hydrogens is 430 g/mol. The molecule has 1 heterocycles. The number of ether oxygens (including phenoxy) is 1. The normalized spacial score (nSPS) is 15.1. The van der Waals surface area contributed by atoms with Crippen molar-refractivity contribution in [1.82, 2.24) is 4.90 Å². The van der Waals surface area contributed by atoms with Crippen LogP contribution in [0.25, 0.3) is 0 Å². The second-order valence-electron chi connectivity index (χ2n) is 7.04. The van der Waals surface area contributed by atoms with Gasteiger partial charge in [-0.3, -0.25) is 9.62 Å². The van der Waals surface area contributed by atoms with Crippen LogP contribution in [0.3, 0.4) is 0 Å². The van der Waals surface area contributed by atoms with Crippen LogP contribution in [-0.2, 0) is 10.0 Å². The van der Waals surface area contributed by atoms with Crippen molar-refractivity contribution in [2.75, 3.05) is 55.2 Å². The molecular formula is C20H24ClN3O5S. The highest BCUT2D eigenvalue weighted by Gasteiger charge is 2.22. The quantitative estimate of drug-likeness (QED) is 0.633. The number of carboxylic acid groups (broad SMARTS) is 1. The van der Waals surface area contributed by atoms with Crippen molar-refractivity contribution in [1.29, 1.82) is 0 Å². The van der Waals surface area contributed by atoms with E-state index in [4.69, 9.17) is 16.3 Å². The Balaban J connectivity index is 1.56. The van der Waals surface area contributed by atoms with Gasteiger partial charge in [-0.05, 0) is 42.5 Å². The molecule has 8 nitrogen and oxygen atoms in total. The van der Waals surface area contributed by atoms with Gasteiger partial charge in [-0.25, -0.2) is 13.2 Å². The predicted octanol–water partition coefficient (Wildman–Crippen LogP) is 2.61. The van der Waals surface area contributed by atoms with E-state index in [1.807, 2.05) is 17.0 Å². The Kier molecular flexibility index (Phi) is 7.06. The number of nitrogens with one attached hydrogen (secondary N) is 1. The zero-order chi connectivity index (χ0) is 21.7. The van der Waals surface area contributed by atoms with Crippen molar-refractivity contribution in [3.8, 4) is 5.75 Å². The van der Waals surface area contributed by atoms with Crippen LogP contribution < -0.4 is 14.4 Å². The van der Waals surface area contributed by atoms with E-state index in [1.165, 1.54) is 6.07 Å². The number of hydrogen-bond acceptors (Lipinski definition) is 6. The fourth-order valence-corrected chi connectivity index (χ4v) is 3.98. The summed E-state index contributed by atoms with van der Waals surface area (Å²) >= 11 is 5.86. The van der Waals surface area contributed by atoms with E-state index in [0.29, 0.717) is 30.4 Å². The first-order valence-electron chi connectivity index (χ1n) is 9.42. The molecule has 0 unspecified atom stereocenters. The number of anilines is 2. The van der Waals surface area contributed by atoms with E-state index in [2.05, 4.69) is 9.62 Å². The summed E-state index contributed by atoms with van der Waals surface area (Å²) in [6, 6.07) is 11.8. The molecule has 2 aromatic rings. The summed E-state index contributed by atoms with van der Waals surface area (Å²) in [5.74, 6) is -0.326. The number of carbonyl (C=O) groups is 1. The van der Waals surface area contributed by atoms with Crippen molar-refractivity contribution < 1.29 is 23.1 Å². The highest BCUT2D eigenvalue weighted by Crippen LogP contribution is 2.26. The number of sulfonamides is 1. The zero-order valence-corrected chi connectivity index (χ0v) is 18.1. The Morgan fingerprint density at radius 2 is 1.80 bits per heavy atom. The predicted molar refractivity (Wildman–Crippen MR) is 117 cm³/mol. The van der Waals surface area contributed by atoms with Gasteiger partial charge in [-0.2, -0.15) is 0 Å². The van der Waals surface area contributed by atoms with Crippen molar-refractivity contribution in [2.24, 2.45) is 0 Å². The molecule has 30 heavy (non-hydrogen) atoms. The lowest BCUT2D eigenvalue weighted by molar-refractivity contribution is 0.0697. The number of rotatable bonds is 8. The number of nitrogens with zero attached hydrogens (tertiary/aromatic N) is 2. The van der Waals surface area contributed by atoms with Gasteiger partial charge in [0.05, 0.1) is 17.5 Å². The summed E-state index contributed by atoms with van der Waals surface area (Å²) in [6.07, 6.45) is 1.03. The first kappa shape index (κ1) is 22.2. The lowest BCUT2D eigenvalue weighted by Gasteiger charge is -2.36. The molecule has 1 aliphatic heterocycles. The van der Waals surface area contributed by atoms with Crippen LogP contribution in [0.2, 0.25) is 5.02 Å². The fraction of sp³-hybridized carbons (Fsp3) is 0.350. The topological polar surface area (TPSA) is 99.2 Å². The second kappa shape index (κ2) is 9.55. The number of carboxylic acids is 1. The average Bonchev–Trinajstić information content (AvgIpc) is 2.69.